The Morgan fingerprint density at radius 3 is 1.59 bits per heavy atom. The van der Waals surface area contributed by atoms with Crippen molar-refractivity contribution in [3.8, 4) is 12.1 Å². The minimum Gasteiger partial charge on any atom is -0.358 e. The number of rotatable bonds is 2. The average molecular weight is 306 g/mol. The molecule has 8 nitrogen and oxygen atoms in total. The molecule has 118 valence electrons. The maximum atomic E-state index is 11.8. The van der Waals surface area contributed by atoms with Crippen molar-refractivity contribution < 1.29 is 19.3 Å². The van der Waals surface area contributed by atoms with E-state index >= 15 is 0 Å². The fourth-order valence-electron chi connectivity index (χ4n) is 2.57. The molecule has 0 aromatic heterocycles. The van der Waals surface area contributed by atoms with Crippen LogP contribution in [0.3, 0.4) is 0 Å². The summed E-state index contributed by atoms with van der Waals surface area (Å²) in [7, 11) is 0. The molecule has 0 aliphatic carbocycles. The third kappa shape index (κ3) is 3.94. The lowest BCUT2D eigenvalue weighted by molar-refractivity contribution is -0.228. The van der Waals surface area contributed by atoms with Crippen molar-refractivity contribution in [3.05, 3.63) is 0 Å². The first-order valence-electron chi connectivity index (χ1n) is 7.42. The summed E-state index contributed by atoms with van der Waals surface area (Å²) < 4.78 is 0. The van der Waals surface area contributed by atoms with Gasteiger partial charge in [-0.3, -0.25) is 0 Å². The highest BCUT2D eigenvalue weighted by molar-refractivity contribution is 6.29. The minimum absolute atomic E-state index is 0.418. The summed E-state index contributed by atoms with van der Waals surface area (Å²) in [4.78, 5) is 33.5. The van der Waals surface area contributed by atoms with Crippen LogP contribution in [0.15, 0.2) is 0 Å². The zero-order valence-electron chi connectivity index (χ0n) is 12.2. The molecular weight excluding hydrogens is 288 g/mol. The number of hydrogen-bond acceptors (Lipinski definition) is 8. The van der Waals surface area contributed by atoms with Crippen LogP contribution >= 0.6 is 0 Å². The number of hydroxylamine groups is 4. The van der Waals surface area contributed by atoms with E-state index in [1.807, 2.05) is 12.1 Å². The van der Waals surface area contributed by atoms with Gasteiger partial charge in [0.2, 0.25) is 0 Å². The molecule has 0 aromatic carbocycles. The van der Waals surface area contributed by atoms with Crippen LogP contribution in [0.1, 0.15) is 38.5 Å². The Labute approximate surface area is 128 Å². The number of hydrogen-bond donors (Lipinski definition) is 0. The van der Waals surface area contributed by atoms with Gasteiger partial charge >= 0.3 is 11.9 Å². The summed E-state index contributed by atoms with van der Waals surface area (Å²) in [5.41, 5.74) is 0. The lowest BCUT2D eigenvalue weighted by Crippen LogP contribution is -2.45. The van der Waals surface area contributed by atoms with Gasteiger partial charge in [-0.1, -0.05) is 0 Å². The van der Waals surface area contributed by atoms with Crippen LogP contribution in [0.4, 0.5) is 0 Å². The van der Waals surface area contributed by atoms with Crippen molar-refractivity contribution in [2.75, 3.05) is 13.1 Å². The van der Waals surface area contributed by atoms with Crippen molar-refractivity contribution in [1.82, 2.24) is 10.1 Å². The molecule has 0 spiro atoms. The Balaban J connectivity index is 1.88. The number of nitriles is 2. The van der Waals surface area contributed by atoms with Gasteiger partial charge in [-0.25, -0.2) is 9.59 Å². The molecule has 22 heavy (non-hydrogen) atoms. The molecular formula is C14H18N4O4. The minimum atomic E-state index is -1.16. The second kappa shape index (κ2) is 7.74. The number of carbonyl (C=O) groups is 2. The van der Waals surface area contributed by atoms with Gasteiger partial charge in [0, 0.05) is 13.1 Å². The number of piperidine rings is 2. The van der Waals surface area contributed by atoms with Crippen LogP contribution in [0.25, 0.3) is 0 Å². The van der Waals surface area contributed by atoms with Crippen LogP contribution in [0.5, 0.6) is 0 Å². The zero-order valence-corrected chi connectivity index (χ0v) is 12.2. The van der Waals surface area contributed by atoms with Crippen molar-refractivity contribution in [1.29, 1.82) is 10.5 Å². The SMILES string of the molecule is N#CC1CCCCN1OC(=O)C(=O)ON1CCCCC1C#N. The fourth-order valence-corrected chi connectivity index (χ4v) is 2.57. The van der Waals surface area contributed by atoms with E-state index in [0.29, 0.717) is 25.9 Å². The molecule has 2 aliphatic heterocycles. The van der Waals surface area contributed by atoms with Gasteiger partial charge in [-0.15, -0.1) is 10.1 Å². The highest BCUT2D eigenvalue weighted by Gasteiger charge is 2.32. The van der Waals surface area contributed by atoms with Crippen LogP contribution in [0.2, 0.25) is 0 Å². The summed E-state index contributed by atoms with van der Waals surface area (Å²) in [6.07, 6.45) is 4.55. The maximum absolute atomic E-state index is 11.8. The van der Waals surface area contributed by atoms with Gasteiger partial charge in [-0.05, 0) is 38.5 Å². The molecule has 0 radical (unpaired) electrons. The lowest BCUT2D eigenvalue weighted by Gasteiger charge is -2.30. The Bertz CT molecular complexity index is 464. The van der Waals surface area contributed by atoms with E-state index in [9.17, 15) is 9.59 Å². The first-order chi connectivity index (χ1) is 10.7. The molecule has 0 amide bonds. The Hall–Kier alpha value is -2.16. The van der Waals surface area contributed by atoms with Gasteiger partial charge in [0.05, 0.1) is 12.1 Å². The molecule has 0 N–H and O–H groups in total. The van der Waals surface area contributed by atoms with Crippen molar-refractivity contribution in [2.24, 2.45) is 0 Å². The maximum Gasteiger partial charge on any atom is 0.438 e. The van der Waals surface area contributed by atoms with Crippen molar-refractivity contribution >= 4 is 11.9 Å². The second-order valence-electron chi connectivity index (χ2n) is 5.32. The Morgan fingerprint density at radius 2 is 1.23 bits per heavy atom. The summed E-state index contributed by atoms with van der Waals surface area (Å²) >= 11 is 0. The van der Waals surface area contributed by atoms with Crippen LogP contribution in [0, 0.1) is 22.7 Å². The monoisotopic (exact) mass is 306 g/mol. The predicted octanol–water partition coefficient (Wildman–Crippen LogP) is 0.659. The first-order valence-corrected chi connectivity index (χ1v) is 7.42. The zero-order chi connectivity index (χ0) is 15.9. The average Bonchev–Trinajstić information content (AvgIpc) is 2.55. The van der Waals surface area contributed by atoms with Crippen molar-refractivity contribution in [3.63, 3.8) is 0 Å². The van der Waals surface area contributed by atoms with E-state index in [4.69, 9.17) is 20.2 Å². The summed E-state index contributed by atoms with van der Waals surface area (Å²) in [5.74, 6) is -2.33. The third-order valence-corrected chi connectivity index (χ3v) is 3.77. The van der Waals surface area contributed by atoms with Crippen molar-refractivity contribution in [2.45, 2.75) is 50.6 Å². The van der Waals surface area contributed by atoms with E-state index in [1.165, 1.54) is 10.1 Å². The molecule has 2 atom stereocenters. The number of nitrogens with zero attached hydrogens (tertiary/aromatic N) is 4. The van der Waals surface area contributed by atoms with Crippen LogP contribution in [-0.2, 0) is 19.3 Å². The molecule has 8 heteroatoms. The Morgan fingerprint density at radius 1 is 0.818 bits per heavy atom. The standard InChI is InChI=1S/C14H18N4O4/c15-9-11-5-1-3-7-17(11)21-13(19)14(20)22-18-8-4-2-6-12(18)10-16/h11-12H,1-8H2. The smallest absolute Gasteiger partial charge is 0.358 e. The molecule has 0 aromatic rings. The number of carbonyl (C=O) groups excluding carboxylic acids is 2. The van der Waals surface area contributed by atoms with Gasteiger partial charge < -0.3 is 9.68 Å². The van der Waals surface area contributed by atoms with E-state index in [0.717, 1.165) is 25.7 Å². The highest BCUT2D eigenvalue weighted by Crippen LogP contribution is 2.18. The van der Waals surface area contributed by atoms with E-state index in [-0.39, 0.29) is 0 Å². The second-order valence-corrected chi connectivity index (χ2v) is 5.32. The first kappa shape index (κ1) is 16.2. The van der Waals surface area contributed by atoms with Gasteiger partial charge in [0.25, 0.3) is 0 Å². The molecule has 2 aliphatic rings. The largest absolute Gasteiger partial charge is 0.438 e. The topological polar surface area (TPSA) is 107 Å². The fraction of sp³-hybridized carbons (Fsp3) is 0.714. The van der Waals surface area contributed by atoms with Gasteiger partial charge in [0.1, 0.15) is 12.1 Å². The van der Waals surface area contributed by atoms with E-state index < -0.39 is 24.0 Å². The molecule has 2 fully saturated rings. The summed E-state index contributed by atoms with van der Waals surface area (Å²) in [5, 5.41) is 20.4. The van der Waals surface area contributed by atoms with Crippen LogP contribution in [-0.4, -0.2) is 47.2 Å². The van der Waals surface area contributed by atoms with E-state index in [2.05, 4.69) is 0 Å². The van der Waals surface area contributed by atoms with Crippen LogP contribution < -0.4 is 0 Å². The van der Waals surface area contributed by atoms with E-state index in [1.54, 1.807) is 0 Å². The third-order valence-electron chi connectivity index (χ3n) is 3.77. The quantitative estimate of drug-likeness (QED) is 0.685. The van der Waals surface area contributed by atoms with Gasteiger partial charge in [-0.2, -0.15) is 10.5 Å². The summed E-state index contributed by atoms with van der Waals surface area (Å²) in [6.45, 7) is 0.837. The molecule has 2 rings (SSSR count). The molecule has 2 heterocycles. The highest BCUT2D eigenvalue weighted by atomic mass is 16.8. The lowest BCUT2D eigenvalue weighted by atomic mass is 10.1. The molecule has 0 saturated carbocycles. The normalized spacial score (nSPS) is 26.5. The molecule has 2 saturated heterocycles. The Kier molecular flexibility index (Phi) is 5.70. The summed E-state index contributed by atoms with van der Waals surface area (Å²) in [6, 6.07) is 3.01. The predicted molar refractivity (Wildman–Crippen MR) is 72.1 cm³/mol. The molecule has 2 unspecified atom stereocenters. The van der Waals surface area contributed by atoms with Gasteiger partial charge in [0.15, 0.2) is 0 Å². The molecule has 0 bridgehead atoms.